The highest BCUT2D eigenvalue weighted by molar-refractivity contribution is 6.32. The molecule has 0 radical (unpaired) electrons. The van der Waals surface area contributed by atoms with E-state index in [0.717, 1.165) is 7.11 Å². The fourth-order valence-electron chi connectivity index (χ4n) is 0.695. The number of carbonyl (C=O) groups is 3. The maximum atomic E-state index is 11.1. The highest BCUT2D eigenvalue weighted by Gasteiger charge is 2.19. The molecular formula is C9H15NO5. The summed E-state index contributed by atoms with van der Waals surface area (Å²) in [7, 11) is 1.08. The van der Waals surface area contributed by atoms with Crippen molar-refractivity contribution in [3.8, 4) is 0 Å². The van der Waals surface area contributed by atoms with Crippen LogP contribution in [0.1, 0.15) is 20.8 Å². The minimum Gasteiger partial charge on any atom is -0.462 e. The van der Waals surface area contributed by atoms with Gasteiger partial charge in [-0.05, 0) is 20.8 Å². The molecule has 86 valence electrons. The largest absolute Gasteiger partial charge is 0.462 e. The van der Waals surface area contributed by atoms with Crippen LogP contribution in [0, 0.1) is 0 Å². The average Bonchev–Trinajstić information content (AvgIpc) is 2.10. The normalized spacial score (nSPS) is 10.4. The Hall–Kier alpha value is -1.59. The van der Waals surface area contributed by atoms with Crippen LogP contribution in [-0.2, 0) is 23.9 Å². The van der Waals surface area contributed by atoms with Gasteiger partial charge in [0.1, 0.15) is 12.1 Å². The number of ether oxygens (including phenoxy) is 2. The summed E-state index contributed by atoms with van der Waals surface area (Å²) in [6.45, 7) is 4.75. The SMILES string of the molecule is COC(=O)C(=O)NCC(=O)OC(C)(C)C. The lowest BCUT2D eigenvalue weighted by molar-refractivity contribution is -0.157. The summed E-state index contributed by atoms with van der Waals surface area (Å²) >= 11 is 0. The second-order valence-corrected chi connectivity index (χ2v) is 3.76. The molecule has 1 N–H and O–H groups in total. The summed E-state index contributed by atoms with van der Waals surface area (Å²) in [6, 6.07) is 0. The molecule has 6 nitrogen and oxygen atoms in total. The molecule has 0 bridgehead atoms. The molecule has 0 aromatic heterocycles. The zero-order valence-corrected chi connectivity index (χ0v) is 9.25. The van der Waals surface area contributed by atoms with Gasteiger partial charge in [0.05, 0.1) is 7.11 Å². The van der Waals surface area contributed by atoms with E-state index in [1.54, 1.807) is 20.8 Å². The van der Waals surface area contributed by atoms with E-state index in [1.807, 2.05) is 0 Å². The van der Waals surface area contributed by atoms with Gasteiger partial charge in [-0.15, -0.1) is 0 Å². The Morgan fingerprint density at radius 1 is 1.20 bits per heavy atom. The van der Waals surface area contributed by atoms with Crippen LogP contribution >= 0.6 is 0 Å². The number of rotatable bonds is 2. The van der Waals surface area contributed by atoms with Crippen molar-refractivity contribution in [1.82, 2.24) is 5.32 Å². The van der Waals surface area contributed by atoms with Gasteiger partial charge in [0, 0.05) is 0 Å². The van der Waals surface area contributed by atoms with Crippen LogP contribution in [0.4, 0.5) is 0 Å². The first-order valence-corrected chi connectivity index (χ1v) is 4.34. The van der Waals surface area contributed by atoms with E-state index in [2.05, 4.69) is 10.1 Å². The molecule has 0 fully saturated rings. The highest BCUT2D eigenvalue weighted by atomic mass is 16.6. The molecule has 0 heterocycles. The topological polar surface area (TPSA) is 81.7 Å². The third-order valence-corrected chi connectivity index (χ3v) is 1.18. The first kappa shape index (κ1) is 13.4. The molecular weight excluding hydrogens is 202 g/mol. The monoisotopic (exact) mass is 217 g/mol. The number of hydrogen-bond donors (Lipinski definition) is 1. The number of carbonyl (C=O) groups excluding carboxylic acids is 3. The molecule has 0 rings (SSSR count). The van der Waals surface area contributed by atoms with Crippen LogP contribution in [0.15, 0.2) is 0 Å². The van der Waals surface area contributed by atoms with Gasteiger partial charge in [-0.2, -0.15) is 0 Å². The Kier molecular flexibility index (Phi) is 4.77. The lowest BCUT2D eigenvalue weighted by Gasteiger charge is -2.19. The molecule has 1 amide bonds. The fraction of sp³-hybridized carbons (Fsp3) is 0.667. The van der Waals surface area contributed by atoms with Crippen LogP contribution < -0.4 is 5.32 Å². The summed E-state index contributed by atoms with van der Waals surface area (Å²) in [5.41, 5.74) is -0.618. The van der Waals surface area contributed by atoms with Crippen LogP contribution in [0.3, 0.4) is 0 Å². The van der Waals surface area contributed by atoms with Crippen LogP contribution in [-0.4, -0.2) is 37.1 Å². The van der Waals surface area contributed by atoms with E-state index in [-0.39, 0.29) is 6.54 Å². The standard InChI is InChI=1S/C9H15NO5/c1-9(2,3)15-6(11)5-10-7(12)8(13)14-4/h5H2,1-4H3,(H,10,12). The quantitative estimate of drug-likeness (QED) is 0.503. The van der Waals surface area contributed by atoms with Crippen molar-refractivity contribution in [2.24, 2.45) is 0 Å². The minimum atomic E-state index is -1.04. The number of esters is 2. The predicted octanol–water partition coefficient (Wildman–Crippen LogP) is -0.383. The Morgan fingerprint density at radius 2 is 1.73 bits per heavy atom. The molecule has 0 saturated carbocycles. The third kappa shape index (κ3) is 6.48. The summed E-state index contributed by atoms with van der Waals surface area (Å²) in [5.74, 6) is -2.62. The lowest BCUT2D eigenvalue weighted by atomic mass is 10.2. The zero-order chi connectivity index (χ0) is 12.1. The summed E-state index contributed by atoms with van der Waals surface area (Å²) < 4.78 is 9.04. The minimum absolute atomic E-state index is 0.356. The van der Waals surface area contributed by atoms with Gasteiger partial charge in [0.2, 0.25) is 0 Å². The number of nitrogens with one attached hydrogen (secondary N) is 1. The average molecular weight is 217 g/mol. The van der Waals surface area contributed by atoms with Crippen molar-refractivity contribution in [3.63, 3.8) is 0 Å². The van der Waals surface area contributed by atoms with E-state index in [0.29, 0.717) is 0 Å². The van der Waals surface area contributed by atoms with E-state index in [9.17, 15) is 14.4 Å². The Labute approximate surface area is 87.9 Å². The fourth-order valence-corrected chi connectivity index (χ4v) is 0.695. The van der Waals surface area contributed by atoms with Crippen molar-refractivity contribution in [2.75, 3.05) is 13.7 Å². The molecule has 0 aromatic rings. The van der Waals surface area contributed by atoms with Gasteiger partial charge < -0.3 is 14.8 Å². The predicted molar refractivity (Wildman–Crippen MR) is 50.9 cm³/mol. The van der Waals surface area contributed by atoms with Crippen molar-refractivity contribution in [1.29, 1.82) is 0 Å². The van der Waals surface area contributed by atoms with E-state index >= 15 is 0 Å². The van der Waals surface area contributed by atoms with Crippen molar-refractivity contribution < 1.29 is 23.9 Å². The second-order valence-electron chi connectivity index (χ2n) is 3.76. The van der Waals surface area contributed by atoms with E-state index < -0.39 is 23.4 Å². The molecule has 0 saturated heterocycles. The first-order chi connectivity index (χ1) is 6.76. The van der Waals surface area contributed by atoms with Gasteiger partial charge in [0.25, 0.3) is 0 Å². The molecule has 0 aliphatic rings. The Morgan fingerprint density at radius 3 is 2.13 bits per heavy atom. The van der Waals surface area contributed by atoms with Crippen LogP contribution in [0.5, 0.6) is 0 Å². The summed E-state index contributed by atoms with van der Waals surface area (Å²) in [4.78, 5) is 32.6. The van der Waals surface area contributed by atoms with Crippen LogP contribution in [0.2, 0.25) is 0 Å². The molecule has 0 aliphatic carbocycles. The molecule has 0 aliphatic heterocycles. The van der Waals surface area contributed by atoms with Crippen molar-refractivity contribution >= 4 is 17.8 Å². The molecule has 0 spiro atoms. The summed E-state index contributed by atoms with van der Waals surface area (Å²) in [6.07, 6.45) is 0. The van der Waals surface area contributed by atoms with Gasteiger partial charge >= 0.3 is 17.8 Å². The molecule has 0 unspecified atom stereocenters. The first-order valence-electron chi connectivity index (χ1n) is 4.34. The molecule has 15 heavy (non-hydrogen) atoms. The zero-order valence-electron chi connectivity index (χ0n) is 9.25. The highest BCUT2D eigenvalue weighted by Crippen LogP contribution is 2.05. The number of hydrogen-bond acceptors (Lipinski definition) is 5. The molecule has 0 aromatic carbocycles. The van der Waals surface area contributed by atoms with Crippen molar-refractivity contribution in [3.05, 3.63) is 0 Å². The Bertz CT molecular complexity index is 266. The molecule has 6 heteroatoms. The van der Waals surface area contributed by atoms with E-state index in [1.165, 1.54) is 0 Å². The number of amides is 1. The number of methoxy groups -OCH3 is 1. The van der Waals surface area contributed by atoms with Crippen LogP contribution in [0.25, 0.3) is 0 Å². The van der Waals surface area contributed by atoms with Gasteiger partial charge in [-0.1, -0.05) is 0 Å². The third-order valence-electron chi connectivity index (χ3n) is 1.18. The summed E-state index contributed by atoms with van der Waals surface area (Å²) in [5, 5.41) is 2.07. The second kappa shape index (κ2) is 5.33. The van der Waals surface area contributed by atoms with Gasteiger partial charge in [-0.25, -0.2) is 4.79 Å². The van der Waals surface area contributed by atoms with E-state index in [4.69, 9.17) is 4.74 Å². The smallest absolute Gasteiger partial charge is 0.396 e. The van der Waals surface area contributed by atoms with Crippen molar-refractivity contribution in [2.45, 2.75) is 26.4 Å². The van der Waals surface area contributed by atoms with Gasteiger partial charge in [-0.3, -0.25) is 9.59 Å². The Balaban J connectivity index is 3.92. The maximum Gasteiger partial charge on any atom is 0.396 e. The van der Waals surface area contributed by atoms with Gasteiger partial charge in [0.15, 0.2) is 0 Å². The maximum absolute atomic E-state index is 11.1. The molecule has 0 atom stereocenters. The lowest BCUT2D eigenvalue weighted by Crippen LogP contribution is -2.38.